The Morgan fingerprint density at radius 3 is 1.23 bits per heavy atom. The zero-order valence-corrected chi connectivity index (χ0v) is 19.4. The van der Waals surface area contributed by atoms with Gasteiger partial charge in [0.05, 0.1) is 18.6 Å². The molecule has 0 spiro atoms. The second-order valence-electron chi connectivity index (χ2n) is 8.19. The van der Waals surface area contributed by atoms with E-state index >= 15 is 0 Å². The van der Waals surface area contributed by atoms with Crippen LogP contribution in [0.25, 0.3) is 0 Å². The van der Waals surface area contributed by atoms with E-state index in [1.165, 1.54) is 0 Å². The van der Waals surface area contributed by atoms with Crippen molar-refractivity contribution < 1.29 is 106 Å². The lowest BCUT2D eigenvalue weighted by Gasteiger charge is -2.44. The van der Waals surface area contributed by atoms with Gasteiger partial charge in [-0.05, 0) is 18.2 Å². The van der Waals surface area contributed by atoms with Crippen LogP contribution in [0.1, 0.15) is 16.8 Å². The van der Waals surface area contributed by atoms with E-state index in [0.717, 1.165) is 6.07 Å². The molecule has 1 rings (SSSR count). The molecule has 0 heterocycles. The summed E-state index contributed by atoms with van der Waals surface area (Å²) in [6.07, 6.45) is -11.2. The van der Waals surface area contributed by atoms with E-state index in [1.807, 2.05) is 0 Å². The Kier molecular flexibility index (Phi) is 9.45. The number of hydrogen-bond donors (Lipinski definition) is 0. The lowest BCUT2D eigenvalue weighted by molar-refractivity contribution is -0.474. The van der Waals surface area contributed by atoms with Crippen LogP contribution in [0, 0.1) is 5.82 Å². The number of esters is 1. The fraction of sp³-hybridized carbons (Fsp3) is 0.632. The number of rotatable bonds is 12. The van der Waals surface area contributed by atoms with E-state index in [4.69, 9.17) is 0 Å². The molecule has 43 heavy (non-hydrogen) atoms. The number of halogens is 22. The lowest BCUT2D eigenvalue weighted by Crippen LogP contribution is -2.76. The molecule has 0 fully saturated rings. The summed E-state index contributed by atoms with van der Waals surface area (Å²) in [7, 11) is 0. The molecule has 0 saturated heterocycles. The molecule has 0 N–H and O–H groups in total. The Hall–Kier alpha value is -2.85. The van der Waals surface area contributed by atoms with Gasteiger partial charge in [0.15, 0.2) is 0 Å². The van der Waals surface area contributed by atoms with Gasteiger partial charge in [0, 0.05) is 0 Å². The van der Waals surface area contributed by atoms with Gasteiger partial charge in [0.1, 0.15) is 5.82 Å². The van der Waals surface area contributed by atoms with E-state index in [1.54, 1.807) is 0 Å². The minimum Gasteiger partial charge on any atom is -0.462 e. The van der Waals surface area contributed by atoms with E-state index < -0.39 is 89.9 Å². The monoisotopic (exact) mass is 686 g/mol. The number of benzene rings is 1. The molecule has 1 aromatic rings. The van der Waals surface area contributed by atoms with Crippen molar-refractivity contribution in [2.24, 2.45) is 0 Å². The van der Waals surface area contributed by atoms with Gasteiger partial charge in [-0.25, -0.2) is 9.18 Å². The third-order valence-corrected chi connectivity index (χ3v) is 5.29. The highest BCUT2D eigenvalue weighted by molar-refractivity contribution is 5.89. The number of ether oxygens (including phenoxy) is 1. The Labute approximate surface area is 221 Å². The highest BCUT2D eigenvalue weighted by Crippen LogP contribution is 2.66. The van der Waals surface area contributed by atoms with Gasteiger partial charge in [-0.2, -0.15) is 92.2 Å². The number of carbonyl (C=O) groups is 1. The molecule has 250 valence electrons. The van der Waals surface area contributed by atoms with Crippen LogP contribution in [-0.4, -0.2) is 72.1 Å². The normalized spacial score (nSPS) is 15.5. The molecule has 1 aromatic carbocycles. The molecule has 0 amide bonds. The van der Waals surface area contributed by atoms with Crippen molar-refractivity contribution in [2.45, 2.75) is 65.9 Å². The van der Waals surface area contributed by atoms with Gasteiger partial charge in [-0.1, -0.05) is 6.07 Å². The molecule has 0 saturated carbocycles. The van der Waals surface area contributed by atoms with Crippen LogP contribution < -0.4 is 0 Å². The molecular weight excluding hydrogens is 678 g/mol. The second-order valence-corrected chi connectivity index (χ2v) is 8.19. The Morgan fingerprint density at radius 1 is 0.535 bits per heavy atom. The average Bonchev–Trinajstić information content (AvgIpc) is 2.82. The molecule has 0 bridgehead atoms. The summed E-state index contributed by atoms with van der Waals surface area (Å²) in [4.78, 5) is 11.5. The second kappa shape index (κ2) is 10.6. The molecule has 0 atom stereocenters. The van der Waals surface area contributed by atoms with Crippen molar-refractivity contribution in [1.29, 1.82) is 0 Å². The first-order chi connectivity index (χ1) is 18.6. The van der Waals surface area contributed by atoms with E-state index in [2.05, 4.69) is 4.74 Å². The predicted molar refractivity (Wildman–Crippen MR) is 91.9 cm³/mol. The minimum atomic E-state index is -9.25. The number of hydrogen-bond acceptors (Lipinski definition) is 2. The third kappa shape index (κ3) is 5.50. The highest BCUT2D eigenvalue weighted by Gasteiger charge is 2.97. The first-order valence-electron chi connectivity index (χ1n) is 10.0. The summed E-state index contributed by atoms with van der Waals surface area (Å²) < 4.78 is 296. The van der Waals surface area contributed by atoms with Crippen molar-refractivity contribution in [3.05, 3.63) is 35.6 Å². The molecule has 2 nitrogen and oxygen atoms in total. The van der Waals surface area contributed by atoms with Crippen LogP contribution in [0.15, 0.2) is 24.3 Å². The standard InChI is InChI=1S/C19H8F22O2/c20-8-3-1-2-7(6-8)9(42)43-5-4-10(21,22)11(23,24)12(25,26)13(27,28)14(29,30)15(31,32)16(33,34)17(35,36)18(37,38)19(39,40)41/h1-3,6H,4-5H2. The van der Waals surface area contributed by atoms with E-state index in [0.29, 0.717) is 18.2 Å². The summed E-state index contributed by atoms with van der Waals surface area (Å²) in [5, 5.41) is 0. The molecule has 0 aromatic heterocycles. The zero-order chi connectivity index (χ0) is 34.7. The predicted octanol–water partition coefficient (Wildman–Crippen LogP) is 8.65. The van der Waals surface area contributed by atoms with Crippen molar-refractivity contribution in [2.75, 3.05) is 6.61 Å². The highest BCUT2D eigenvalue weighted by atomic mass is 19.4. The average molecular weight is 686 g/mol. The smallest absolute Gasteiger partial charge is 0.460 e. The first-order valence-corrected chi connectivity index (χ1v) is 10.0. The van der Waals surface area contributed by atoms with E-state index in [9.17, 15) is 101 Å². The van der Waals surface area contributed by atoms with E-state index in [-0.39, 0.29) is 0 Å². The Balaban J connectivity index is 3.48. The minimum absolute atomic E-state index is 0.302. The summed E-state index contributed by atoms with van der Waals surface area (Å²) in [5.41, 5.74) is -0.886. The maximum atomic E-state index is 13.8. The number of carbonyl (C=O) groups excluding carboxylic acids is 1. The first kappa shape index (κ1) is 38.2. The molecule has 0 aliphatic rings. The largest absolute Gasteiger partial charge is 0.462 e. The SMILES string of the molecule is O=C(OCCC(F)(F)C(F)(F)C(F)(F)C(F)(F)C(F)(F)C(F)(F)C(F)(F)C(F)(F)C(F)(F)C(F)(F)F)c1cccc(F)c1. The zero-order valence-electron chi connectivity index (χ0n) is 19.4. The van der Waals surface area contributed by atoms with Crippen molar-refractivity contribution in [3.8, 4) is 0 Å². The van der Waals surface area contributed by atoms with Crippen molar-refractivity contribution in [3.63, 3.8) is 0 Å². The summed E-state index contributed by atoms with van der Waals surface area (Å²) >= 11 is 0. The summed E-state index contributed by atoms with van der Waals surface area (Å²) in [6, 6.07) is 2.40. The fourth-order valence-electron chi connectivity index (χ4n) is 2.72. The van der Waals surface area contributed by atoms with Gasteiger partial charge >= 0.3 is 65.4 Å². The number of alkyl halides is 21. The molecule has 24 heteroatoms. The molecule has 0 aliphatic carbocycles. The van der Waals surface area contributed by atoms with Crippen LogP contribution in [-0.2, 0) is 4.74 Å². The Morgan fingerprint density at radius 2 is 0.884 bits per heavy atom. The topological polar surface area (TPSA) is 26.3 Å². The molecule has 0 aliphatic heterocycles. The lowest BCUT2D eigenvalue weighted by atomic mass is 9.86. The van der Waals surface area contributed by atoms with Crippen molar-refractivity contribution >= 4 is 5.97 Å². The summed E-state index contributed by atoms with van der Waals surface area (Å²) in [5.74, 6) is -81.0. The van der Waals surface area contributed by atoms with Gasteiger partial charge in [-0.3, -0.25) is 0 Å². The van der Waals surface area contributed by atoms with Crippen LogP contribution in [0.4, 0.5) is 96.6 Å². The quantitative estimate of drug-likeness (QED) is 0.163. The molecule has 0 unspecified atom stereocenters. The third-order valence-electron chi connectivity index (χ3n) is 5.29. The maximum Gasteiger partial charge on any atom is 0.460 e. The summed E-state index contributed by atoms with van der Waals surface area (Å²) in [6.45, 7) is -2.26. The Bertz CT molecular complexity index is 1170. The van der Waals surface area contributed by atoms with Gasteiger partial charge in [-0.15, -0.1) is 0 Å². The maximum absolute atomic E-state index is 13.8. The van der Waals surface area contributed by atoms with Gasteiger partial charge in [0.25, 0.3) is 0 Å². The molecule has 0 radical (unpaired) electrons. The van der Waals surface area contributed by atoms with Gasteiger partial charge in [0.2, 0.25) is 0 Å². The van der Waals surface area contributed by atoms with Gasteiger partial charge < -0.3 is 4.74 Å². The van der Waals surface area contributed by atoms with Crippen LogP contribution >= 0.6 is 0 Å². The van der Waals surface area contributed by atoms with Crippen molar-refractivity contribution in [1.82, 2.24) is 0 Å². The van der Waals surface area contributed by atoms with Crippen LogP contribution in [0.2, 0.25) is 0 Å². The fourth-order valence-corrected chi connectivity index (χ4v) is 2.72. The van der Waals surface area contributed by atoms with Crippen LogP contribution in [0.3, 0.4) is 0 Å². The molecular formula is C19H8F22O2. The van der Waals surface area contributed by atoms with Crippen LogP contribution in [0.5, 0.6) is 0 Å².